The van der Waals surface area contributed by atoms with Gasteiger partial charge in [-0.25, -0.2) is 4.39 Å². The van der Waals surface area contributed by atoms with E-state index in [9.17, 15) is 18.0 Å². The average Bonchev–Trinajstić information content (AvgIpc) is 3.65. The number of aromatic nitrogens is 2. The Bertz CT molecular complexity index is 1680. The largest absolute Gasteiger partial charge is 0.492 e. The Hall–Kier alpha value is -4.34. The van der Waals surface area contributed by atoms with Gasteiger partial charge in [0, 0.05) is 30.2 Å². The van der Waals surface area contributed by atoms with Crippen LogP contribution in [0.5, 0.6) is 11.5 Å². The SMILES string of the molecule is COC(=O)C[C@@H]1COc2cc(O[C@@H]3CCc4c(-c5ccc(-c6cc(C)nn6C)cc5)c(C(F)(F)F)cc(F)c43)ccc21. The Morgan fingerprint density at radius 1 is 1.10 bits per heavy atom. The maximum atomic E-state index is 15.4. The maximum absolute atomic E-state index is 15.4. The molecule has 2 aliphatic rings. The number of methoxy groups -OCH3 is 1. The summed E-state index contributed by atoms with van der Waals surface area (Å²) >= 11 is 0. The van der Waals surface area contributed by atoms with Crippen molar-refractivity contribution in [3.63, 3.8) is 0 Å². The van der Waals surface area contributed by atoms with E-state index in [2.05, 4.69) is 5.10 Å². The third kappa shape index (κ3) is 4.99. The van der Waals surface area contributed by atoms with Crippen LogP contribution in [-0.4, -0.2) is 29.5 Å². The molecule has 1 aromatic heterocycles. The monoisotopic (exact) mass is 580 g/mol. The standard InChI is InChI=1S/C32H28F4N2O4/c1-17-12-26(38(2)37-17)18-4-6-19(7-5-18)30-23-10-11-27(31(23)25(33)15-24(30)32(34,35)36)42-21-8-9-22-20(13-29(39)40-3)16-41-28(22)14-21/h4-9,12,14-15,20,27H,10-11,13,16H2,1-3H3/t20-,27-/m1/s1. The van der Waals surface area contributed by atoms with Gasteiger partial charge in [0.05, 0.1) is 37.1 Å². The van der Waals surface area contributed by atoms with Gasteiger partial charge in [0.1, 0.15) is 23.4 Å². The number of fused-ring (bicyclic) bond motifs is 2. The first-order chi connectivity index (χ1) is 20.0. The summed E-state index contributed by atoms with van der Waals surface area (Å²) in [5.74, 6) is -0.478. The highest BCUT2D eigenvalue weighted by Crippen LogP contribution is 2.48. The van der Waals surface area contributed by atoms with Crippen LogP contribution in [0.25, 0.3) is 22.4 Å². The molecule has 6 nitrogen and oxygen atoms in total. The van der Waals surface area contributed by atoms with E-state index in [1.165, 1.54) is 7.11 Å². The Morgan fingerprint density at radius 3 is 2.50 bits per heavy atom. The van der Waals surface area contributed by atoms with Crippen molar-refractivity contribution in [2.24, 2.45) is 7.05 Å². The molecular weight excluding hydrogens is 552 g/mol. The summed E-state index contributed by atoms with van der Waals surface area (Å²) < 4.78 is 76.5. The van der Waals surface area contributed by atoms with Crippen LogP contribution in [0.1, 0.15) is 52.8 Å². The highest BCUT2D eigenvalue weighted by molar-refractivity contribution is 5.77. The van der Waals surface area contributed by atoms with Crippen molar-refractivity contribution < 1.29 is 36.6 Å². The van der Waals surface area contributed by atoms with Crippen molar-refractivity contribution in [3.05, 3.63) is 88.4 Å². The molecule has 0 unspecified atom stereocenters. The normalized spacial score (nSPS) is 17.5. The van der Waals surface area contributed by atoms with Gasteiger partial charge in [-0.15, -0.1) is 0 Å². The third-order valence-corrected chi connectivity index (χ3v) is 7.96. The fraction of sp³-hybridized carbons (Fsp3) is 0.312. The minimum atomic E-state index is -4.75. The highest BCUT2D eigenvalue weighted by atomic mass is 19.4. The van der Waals surface area contributed by atoms with Gasteiger partial charge < -0.3 is 14.2 Å². The number of esters is 1. The van der Waals surface area contributed by atoms with E-state index in [1.54, 1.807) is 54.2 Å². The number of alkyl halides is 3. The molecule has 10 heteroatoms. The molecule has 42 heavy (non-hydrogen) atoms. The number of ether oxygens (including phenoxy) is 3. The van der Waals surface area contributed by atoms with E-state index in [-0.39, 0.29) is 35.9 Å². The average molecular weight is 581 g/mol. The molecule has 0 radical (unpaired) electrons. The molecule has 0 saturated heterocycles. The van der Waals surface area contributed by atoms with Gasteiger partial charge in [0.25, 0.3) is 0 Å². The van der Waals surface area contributed by atoms with Gasteiger partial charge in [-0.05, 0) is 60.2 Å². The Labute approximate surface area is 239 Å². The number of carbonyl (C=O) groups excluding carboxylic acids is 1. The zero-order chi connectivity index (χ0) is 29.8. The van der Waals surface area contributed by atoms with Crippen molar-refractivity contribution >= 4 is 5.97 Å². The molecule has 2 atom stereocenters. The third-order valence-electron chi connectivity index (χ3n) is 7.96. The zero-order valence-electron chi connectivity index (χ0n) is 23.2. The van der Waals surface area contributed by atoms with Crippen LogP contribution in [0.4, 0.5) is 17.6 Å². The molecule has 0 N–H and O–H groups in total. The summed E-state index contributed by atoms with van der Waals surface area (Å²) in [5, 5.41) is 4.34. The number of aryl methyl sites for hydroxylation is 2. The molecule has 0 saturated carbocycles. The fourth-order valence-corrected chi connectivity index (χ4v) is 6.05. The second-order valence-electron chi connectivity index (χ2n) is 10.7. The molecule has 2 heterocycles. The number of rotatable bonds is 6. The van der Waals surface area contributed by atoms with Crippen molar-refractivity contribution in [1.29, 1.82) is 0 Å². The number of carbonyl (C=O) groups is 1. The summed E-state index contributed by atoms with van der Waals surface area (Å²) in [4.78, 5) is 11.7. The Kier molecular flexibility index (Phi) is 6.95. The van der Waals surface area contributed by atoms with E-state index in [0.29, 0.717) is 41.7 Å². The molecule has 1 aliphatic carbocycles. The molecule has 4 aromatic rings. The smallest absolute Gasteiger partial charge is 0.417 e. The van der Waals surface area contributed by atoms with E-state index in [0.717, 1.165) is 22.5 Å². The topological polar surface area (TPSA) is 62.6 Å². The molecule has 0 spiro atoms. The van der Waals surface area contributed by atoms with Crippen LogP contribution in [0.2, 0.25) is 0 Å². The second kappa shape index (κ2) is 10.5. The predicted molar refractivity (Wildman–Crippen MR) is 147 cm³/mol. The fourth-order valence-electron chi connectivity index (χ4n) is 6.05. The van der Waals surface area contributed by atoms with Crippen molar-refractivity contribution in [2.45, 2.75) is 44.4 Å². The van der Waals surface area contributed by atoms with Gasteiger partial charge in [-0.1, -0.05) is 30.3 Å². The minimum absolute atomic E-state index is 0.0272. The van der Waals surface area contributed by atoms with Gasteiger partial charge in [0.2, 0.25) is 0 Å². The number of hydrogen-bond acceptors (Lipinski definition) is 5. The molecule has 0 amide bonds. The molecular formula is C32H28F4N2O4. The first-order valence-corrected chi connectivity index (χ1v) is 13.6. The predicted octanol–water partition coefficient (Wildman–Crippen LogP) is 7.33. The number of halogens is 4. The van der Waals surface area contributed by atoms with Crippen LogP contribution >= 0.6 is 0 Å². The second-order valence-corrected chi connectivity index (χ2v) is 10.7. The van der Waals surface area contributed by atoms with Crippen molar-refractivity contribution in [2.75, 3.05) is 13.7 Å². The van der Waals surface area contributed by atoms with Gasteiger partial charge in [-0.3, -0.25) is 9.48 Å². The van der Waals surface area contributed by atoms with E-state index in [4.69, 9.17) is 14.2 Å². The summed E-state index contributed by atoms with van der Waals surface area (Å²) in [6.45, 7) is 2.18. The minimum Gasteiger partial charge on any atom is -0.492 e. The van der Waals surface area contributed by atoms with Crippen LogP contribution < -0.4 is 9.47 Å². The Morgan fingerprint density at radius 2 is 1.83 bits per heavy atom. The number of hydrogen-bond donors (Lipinski definition) is 0. The molecule has 218 valence electrons. The van der Waals surface area contributed by atoms with E-state index < -0.39 is 23.7 Å². The molecule has 0 bridgehead atoms. The highest BCUT2D eigenvalue weighted by Gasteiger charge is 2.40. The zero-order valence-corrected chi connectivity index (χ0v) is 23.2. The van der Waals surface area contributed by atoms with Crippen LogP contribution in [0, 0.1) is 12.7 Å². The van der Waals surface area contributed by atoms with Crippen LogP contribution in [-0.2, 0) is 29.2 Å². The molecule has 0 fully saturated rings. The lowest BCUT2D eigenvalue weighted by Crippen LogP contribution is -2.12. The summed E-state index contributed by atoms with van der Waals surface area (Å²) in [7, 11) is 3.13. The number of benzene rings is 3. The van der Waals surface area contributed by atoms with Crippen LogP contribution in [0.15, 0.2) is 54.6 Å². The van der Waals surface area contributed by atoms with Gasteiger partial charge >= 0.3 is 12.1 Å². The van der Waals surface area contributed by atoms with Gasteiger partial charge in [0.15, 0.2) is 0 Å². The maximum Gasteiger partial charge on any atom is 0.417 e. The lowest BCUT2D eigenvalue weighted by atomic mass is 9.90. The van der Waals surface area contributed by atoms with E-state index in [1.807, 2.05) is 13.0 Å². The van der Waals surface area contributed by atoms with Crippen molar-refractivity contribution in [3.8, 4) is 33.9 Å². The van der Waals surface area contributed by atoms with E-state index >= 15 is 4.39 Å². The molecule has 6 rings (SSSR count). The summed E-state index contributed by atoms with van der Waals surface area (Å²) in [6.07, 6.45) is -4.81. The summed E-state index contributed by atoms with van der Waals surface area (Å²) in [5.41, 5.74) is 3.06. The Balaban J connectivity index is 1.34. The quantitative estimate of drug-likeness (QED) is 0.177. The number of nitrogens with zero attached hydrogens (tertiary/aromatic N) is 2. The molecule has 3 aromatic carbocycles. The summed E-state index contributed by atoms with van der Waals surface area (Å²) in [6, 6.07) is 14.4. The van der Waals surface area contributed by atoms with Gasteiger partial charge in [-0.2, -0.15) is 18.3 Å². The van der Waals surface area contributed by atoms with Crippen LogP contribution in [0.3, 0.4) is 0 Å². The lowest BCUT2D eigenvalue weighted by molar-refractivity contribution is -0.141. The first kappa shape index (κ1) is 27.8. The molecule has 1 aliphatic heterocycles. The first-order valence-electron chi connectivity index (χ1n) is 13.6. The lowest BCUT2D eigenvalue weighted by Gasteiger charge is -2.21. The van der Waals surface area contributed by atoms with Crippen molar-refractivity contribution in [1.82, 2.24) is 9.78 Å².